The Bertz CT molecular complexity index is 433. The van der Waals surface area contributed by atoms with E-state index in [4.69, 9.17) is 4.74 Å². The van der Waals surface area contributed by atoms with Crippen molar-refractivity contribution in [2.24, 2.45) is 0 Å². The summed E-state index contributed by atoms with van der Waals surface area (Å²) in [5.41, 5.74) is 4.32. The van der Waals surface area contributed by atoms with E-state index in [0.717, 1.165) is 12.0 Å². The summed E-state index contributed by atoms with van der Waals surface area (Å²) in [6.45, 7) is 0.799. The van der Waals surface area contributed by atoms with E-state index in [1.165, 1.54) is 4.90 Å². The standard InChI is InChI=1S/C13H16N2O3/c14-12(16)11-7-4-8-15(11)13(17)18-9-10-5-2-1-3-6-10/h1-3,5-6,11H,4,7-9H2,(H2,14,16)/p+1. The molecule has 0 aliphatic carbocycles. The Morgan fingerprint density at radius 3 is 2.72 bits per heavy atom. The summed E-state index contributed by atoms with van der Waals surface area (Å²) in [6, 6.07) is 9.06. The van der Waals surface area contributed by atoms with Gasteiger partial charge in [0.1, 0.15) is 12.6 Å². The molecule has 0 saturated carbocycles. The quantitative estimate of drug-likeness (QED) is 0.850. The van der Waals surface area contributed by atoms with E-state index in [-0.39, 0.29) is 12.5 Å². The van der Waals surface area contributed by atoms with Crippen molar-refractivity contribution < 1.29 is 20.1 Å². The monoisotopic (exact) mass is 249 g/mol. The number of carbonyl (C=O) groups is 2. The van der Waals surface area contributed by atoms with Gasteiger partial charge in [-0.05, 0) is 18.4 Å². The predicted molar refractivity (Wildman–Crippen MR) is 64.3 cm³/mol. The fourth-order valence-corrected chi connectivity index (χ4v) is 2.12. The van der Waals surface area contributed by atoms with E-state index in [0.29, 0.717) is 13.0 Å². The summed E-state index contributed by atoms with van der Waals surface area (Å²) in [7, 11) is 0. The second-order valence-electron chi connectivity index (χ2n) is 4.36. The fourth-order valence-electron chi connectivity index (χ4n) is 2.12. The van der Waals surface area contributed by atoms with Gasteiger partial charge in [0.15, 0.2) is 0 Å². The third kappa shape index (κ3) is 2.87. The van der Waals surface area contributed by atoms with Crippen LogP contribution in [0.4, 0.5) is 4.79 Å². The molecular formula is C13H17N2O3+. The molecule has 0 aromatic heterocycles. The molecule has 5 heteroatoms. The van der Waals surface area contributed by atoms with Crippen LogP contribution in [0.15, 0.2) is 30.3 Å². The van der Waals surface area contributed by atoms with Crippen molar-refractivity contribution >= 4 is 12.0 Å². The highest BCUT2D eigenvalue weighted by Crippen LogP contribution is 2.17. The van der Waals surface area contributed by atoms with Crippen molar-refractivity contribution in [3.63, 3.8) is 0 Å². The van der Waals surface area contributed by atoms with E-state index in [1.807, 2.05) is 30.3 Å². The number of carbonyl (C=O) groups excluding carboxylic acids is 2. The lowest BCUT2D eigenvalue weighted by molar-refractivity contribution is -0.310. The Morgan fingerprint density at radius 2 is 2.06 bits per heavy atom. The number of amides is 2. The van der Waals surface area contributed by atoms with Gasteiger partial charge in [-0.15, -0.1) is 0 Å². The van der Waals surface area contributed by atoms with Gasteiger partial charge in [-0.25, -0.2) is 9.59 Å². The van der Waals surface area contributed by atoms with Gasteiger partial charge >= 0.3 is 12.0 Å². The number of hydrogen-bond acceptors (Lipinski definition) is 3. The van der Waals surface area contributed by atoms with Crippen LogP contribution in [0.2, 0.25) is 0 Å². The first-order valence-electron chi connectivity index (χ1n) is 6.01. The fraction of sp³-hybridized carbons (Fsp3) is 0.385. The molecule has 1 atom stereocenters. The minimum Gasteiger partial charge on any atom is -0.445 e. The van der Waals surface area contributed by atoms with Crippen LogP contribution in [0.5, 0.6) is 0 Å². The molecule has 1 heterocycles. The molecule has 0 spiro atoms. The van der Waals surface area contributed by atoms with Crippen LogP contribution in [0.1, 0.15) is 18.4 Å². The van der Waals surface area contributed by atoms with Crippen LogP contribution in [-0.4, -0.2) is 29.5 Å². The molecule has 1 unspecified atom stereocenters. The van der Waals surface area contributed by atoms with Crippen LogP contribution in [0, 0.1) is 0 Å². The van der Waals surface area contributed by atoms with Gasteiger partial charge in [-0.3, -0.25) is 10.6 Å². The zero-order chi connectivity index (χ0) is 13.0. The molecule has 1 fully saturated rings. The minimum atomic E-state index is -0.432. The van der Waals surface area contributed by atoms with Gasteiger partial charge in [0.05, 0.1) is 0 Å². The Hall–Kier alpha value is -1.88. The van der Waals surface area contributed by atoms with E-state index in [2.05, 4.69) is 5.73 Å². The van der Waals surface area contributed by atoms with Crippen LogP contribution < -0.4 is 5.73 Å². The summed E-state index contributed by atoms with van der Waals surface area (Å²) in [4.78, 5) is 24.6. The summed E-state index contributed by atoms with van der Waals surface area (Å²) in [6.07, 6.45) is 1.08. The predicted octanol–water partition coefficient (Wildman–Crippen LogP) is 0.556. The lowest BCUT2D eigenvalue weighted by atomic mass is 10.2. The molecule has 96 valence electrons. The first-order valence-corrected chi connectivity index (χ1v) is 6.01. The summed E-state index contributed by atoms with van der Waals surface area (Å²) in [5, 5.41) is 0. The van der Waals surface area contributed by atoms with Gasteiger partial charge in [-0.2, -0.15) is 0 Å². The van der Waals surface area contributed by atoms with Crippen LogP contribution in [-0.2, 0) is 16.1 Å². The smallest absolute Gasteiger partial charge is 0.410 e. The first kappa shape index (κ1) is 12.6. The molecule has 1 aliphatic rings. The number of nitrogens with zero attached hydrogens (tertiary/aromatic N) is 1. The van der Waals surface area contributed by atoms with Gasteiger partial charge in [0, 0.05) is 6.54 Å². The number of benzene rings is 1. The molecule has 3 N–H and O–H groups in total. The lowest BCUT2D eigenvalue weighted by Crippen LogP contribution is -2.65. The second-order valence-corrected chi connectivity index (χ2v) is 4.36. The van der Waals surface area contributed by atoms with Crippen molar-refractivity contribution in [1.29, 1.82) is 0 Å². The molecule has 2 rings (SSSR count). The average molecular weight is 249 g/mol. The maximum absolute atomic E-state index is 11.9. The van der Waals surface area contributed by atoms with Crippen molar-refractivity contribution in [3.05, 3.63) is 35.9 Å². The highest BCUT2D eigenvalue weighted by Gasteiger charge is 2.35. The van der Waals surface area contributed by atoms with Crippen LogP contribution in [0.3, 0.4) is 0 Å². The number of hydrogen-bond donors (Lipinski definition) is 1. The van der Waals surface area contributed by atoms with Crippen molar-refractivity contribution in [2.45, 2.75) is 25.5 Å². The molecule has 1 aliphatic heterocycles. The molecule has 5 nitrogen and oxygen atoms in total. The number of likely N-dealkylation sites (tertiary alicyclic amines) is 1. The lowest BCUT2D eigenvalue weighted by Gasteiger charge is -2.19. The summed E-state index contributed by atoms with van der Waals surface area (Å²) < 4.78 is 5.20. The highest BCUT2D eigenvalue weighted by atomic mass is 16.6. The minimum absolute atomic E-state index is 0.218. The molecule has 18 heavy (non-hydrogen) atoms. The van der Waals surface area contributed by atoms with Gasteiger partial charge in [0.25, 0.3) is 0 Å². The van der Waals surface area contributed by atoms with Crippen LogP contribution >= 0.6 is 0 Å². The Balaban J connectivity index is 1.90. The molecule has 0 radical (unpaired) electrons. The Kier molecular flexibility index (Phi) is 3.94. The zero-order valence-electron chi connectivity index (χ0n) is 10.2. The molecule has 0 bridgehead atoms. The maximum Gasteiger partial charge on any atom is 0.410 e. The molecule has 1 aromatic rings. The molecule has 1 saturated heterocycles. The topological polar surface area (TPSA) is 74.3 Å². The van der Waals surface area contributed by atoms with Gasteiger partial charge in [-0.1, -0.05) is 30.3 Å². The van der Waals surface area contributed by atoms with E-state index in [9.17, 15) is 9.59 Å². The maximum atomic E-state index is 11.9. The first-order chi connectivity index (χ1) is 8.68. The third-order valence-corrected chi connectivity index (χ3v) is 3.06. The highest BCUT2D eigenvalue weighted by molar-refractivity contribution is 5.79. The van der Waals surface area contributed by atoms with Gasteiger partial charge < -0.3 is 4.74 Å². The normalized spacial score (nSPS) is 18.7. The van der Waals surface area contributed by atoms with E-state index in [1.54, 1.807) is 0 Å². The zero-order valence-corrected chi connectivity index (χ0v) is 10.2. The van der Waals surface area contributed by atoms with Crippen molar-refractivity contribution in [1.82, 2.24) is 4.90 Å². The number of rotatable bonds is 3. The van der Waals surface area contributed by atoms with Crippen LogP contribution in [0.25, 0.3) is 0 Å². The largest absolute Gasteiger partial charge is 0.445 e. The third-order valence-electron chi connectivity index (χ3n) is 3.06. The summed E-state index contributed by atoms with van der Waals surface area (Å²) >= 11 is 0. The molecule has 2 amide bonds. The number of quaternary nitrogens is 1. The van der Waals surface area contributed by atoms with Crippen molar-refractivity contribution in [2.75, 3.05) is 6.54 Å². The van der Waals surface area contributed by atoms with E-state index < -0.39 is 12.1 Å². The van der Waals surface area contributed by atoms with Gasteiger partial charge in [0.2, 0.25) is 0 Å². The van der Waals surface area contributed by atoms with Crippen molar-refractivity contribution in [3.8, 4) is 0 Å². The Labute approximate surface area is 106 Å². The second kappa shape index (κ2) is 5.64. The molecular weight excluding hydrogens is 232 g/mol. The Morgan fingerprint density at radius 1 is 1.33 bits per heavy atom. The summed E-state index contributed by atoms with van der Waals surface area (Å²) in [5.74, 6) is -0.218. The number of ether oxygens (including phenoxy) is 1. The SMILES string of the molecule is [NH3+]C(=O)C1CCCN1C(=O)OCc1ccccc1. The van der Waals surface area contributed by atoms with E-state index >= 15 is 0 Å². The molecule has 1 aromatic carbocycles. The average Bonchev–Trinajstić information content (AvgIpc) is 2.86.